The molecule has 0 aliphatic rings. The number of carbonyl (C=O) groups excluding carboxylic acids is 1. The van der Waals surface area contributed by atoms with E-state index in [1.54, 1.807) is 13.1 Å². The summed E-state index contributed by atoms with van der Waals surface area (Å²) in [5.41, 5.74) is 1.68. The summed E-state index contributed by atoms with van der Waals surface area (Å²) in [6.45, 7) is 2.27. The number of hydrogen-bond acceptors (Lipinski definition) is 1. The normalized spacial score (nSPS) is 9.47. The molecule has 0 atom stereocenters. The van der Waals surface area contributed by atoms with Crippen LogP contribution in [0.4, 0.5) is 0 Å². The minimum Gasteiger partial charge on any atom is -0.331 e. The van der Waals surface area contributed by atoms with E-state index >= 15 is 0 Å². The minimum atomic E-state index is -0.0662. The highest BCUT2D eigenvalue weighted by Crippen LogP contribution is 2.21. The average molecular weight is 266 g/mol. The lowest BCUT2D eigenvalue weighted by molar-refractivity contribution is 0.0811. The van der Waals surface area contributed by atoms with E-state index in [4.69, 9.17) is 6.42 Å². The van der Waals surface area contributed by atoms with Gasteiger partial charge in [0.1, 0.15) is 0 Å². The molecular weight excluding hydrogens is 254 g/mol. The first-order valence-electron chi connectivity index (χ1n) is 4.52. The fourth-order valence-electron chi connectivity index (χ4n) is 1.23. The number of benzene rings is 1. The second-order valence-corrected chi connectivity index (χ2v) is 4.09. The first kappa shape index (κ1) is 11.8. The van der Waals surface area contributed by atoms with E-state index < -0.39 is 0 Å². The molecule has 0 aliphatic heterocycles. The van der Waals surface area contributed by atoms with Crippen LogP contribution < -0.4 is 0 Å². The number of halogens is 1. The van der Waals surface area contributed by atoms with Crippen molar-refractivity contribution in [3.05, 3.63) is 33.8 Å². The molecular formula is C12H12BrNO. The van der Waals surface area contributed by atoms with Gasteiger partial charge < -0.3 is 4.90 Å². The van der Waals surface area contributed by atoms with E-state index in [-0.39, 0.29) is 5.91 Å². The number of nitrogens with zero attached hydrogens (tertiary/aromatic N) is 1. The molecule has 0 aliphatic carbocycles. The van der Waals surface area contributed by atoms with Crippen molar-refractivity contribution < 1.29 is 4.79 Å². The fraction of sp³-hybridized carbons (Fsp3) is 0.250. The van der Waals surface area contributed by atoms with Crippen molar-refractivity contribution in [1.82, 2.24) is 4.90 Å². The molecule has 3 heteroatoms. The Kier molecular flexibility index (Phi) is 3.93. The summed E-state index contributed by atoms with van der Waals surface area (Å²) in [5, 5.41) is 0. The molecule has 0 radical (unpaired) electrons. The second kappa shape index (κ2) is 4.99. The van der Waals surface area contributed by atoms with Gasteiger partial charge >= 0.3 is 0 Å². The smallest absolute Gasteiger partial charge is 0.255 e. The van der Waals surface area contributed by atoms with Crippen LogP contribution in [0.25, 0.3) is 0 Å². The molecule has 1 aromatic rings. The predicted octanol–water partition coefficient (Wildman–Crippen LogP) is 2.46. The van der Waals surface area contributed by atoms with E-state index in [0.717, 1.165) is 10.0 Å². The summed E-state index contributed by atoms with van der Waals surface area (Å²) < 4.78 is 0.832. The quantitative estimate of drug-likeness (QED) is 0.753. The van der Waals surface area contributed by atoms with Gasteiger partial charge in [0.2, 0.25) is 0 Å². The van der Waals surface area contributed by atoms with Gasteiger partial charge in [-0.1, -0.05) is 18.1 Å². The Labute approximate surface area is 98.4 Å². The third-order valence-electron chi connectivity index (χ3n) is 2.10. The lowest BCUT2D eigenvalue weighted by atomic mass is 10.1. The van der Waals surface area contributed by atoms with E-state index in [2.05, 4.69) is 21.9 Å². The molecule has 0 unspecified atom stereocenters. The van der Waals surface area contributed by atoms with Gasteiger partial charge in [-0.3, -0.25) is 4.79 Å². The number of amides is 1. The van der Waals surface area contributed by atoms with Crippen LogP contribution in [0, 0.1) is 19.3 Å². The van der Waals surface area contributed by atoms with Crippen LogP contribution in [0.15, 0.2) is 22.7 Å². The molecule has 1 rings (SSSR count). The Morgan fingerprint density at radius 1 is 1.60 bits per heavy atom. The van der Waals surface area contributed by atoms with Gasteiger partial charge in [0.15, 0.2) is 0 Å². The van der Waals surface area contributed by atoms with Crippen molar-refractivity contribution in [2.45, 2.75) is 6.92 Å². The Balaban J connectivity index is 3.02. The Morgan fingerprint density at radius 2 is 2.27 bits per heavy atom. The number of aryl methyl sites for hydroxylation is 1. The lowest BCUT2D eigenvalue weighted by Gasteiger charge is -2.15. The van der Waals surface area contributed by atoms with Crippen molar-refractivity contribution in [3.8, 4) is 12.3 Å². The highest BCUT2D eigenvalue weighted by atomic mass is 79.9. The second-order valence-electron chi connectivity index (χ2n) is 3.30. The van der Waals surface area contributed by atoms with Gasteiger partial charge in [0, 0.05) is 11.5 Å². The van der Waals surface area contributed by atoms with Gasteiger partial charge in [0.05, 0.1) is 12.1 Å². The number of rotatable bonds is 2. The predicted molar refractivity (Wildman–Crippen MR) is 64.7 cm³/mol. The molecule has 0 heterocycles. The molecule has 2 nitrogen and oxygen atoms in total. The van der Waals surface area contributed by atoms with Crippen LogP contribution in [-0.4, -0.2) is 24.4 Å². The van der Waals surface area contributed by atoms with Gasteiger partial charge in [-0.15, -0.1) is 6.42 Å². The SMILES string of the molecule is C#CCN(C)C(=O)c1cccc(C)c1Br. The summed E-state index contributed by atoms with van der Waals surface area (Å²) in [4.78, 5) is 13.4. The number of terminal acetylenes is 1. The van der Waals surface area contributed by atoms with Crippen LogP contribution in [0.1, 0.15) is 15.9 Å². The Morgan fingerprint density at radius 3 is 2.87 bits per heavy atom. The number of hydrogen-bond donors (Lipinski definition) is 0. The van der Waals surface area contributed by atoms with E-state index in [9.17, 15) is 4.79 Å². The highest BCUT2D eigenvalue weighted by Gasteiger charge is 2.14. The third-order valence-corrected chi connectivity index (χ3v) is 3.15. The maximum Gasteiger partial charge on any atom is 0.255 e. The van der Waals surface area contributed by atoms with Crippen molar-refractivity contribution >= 4 is 21.8 Å². The summed E-state index contributed by atoms with van der Waals surface area (Å²) in [6, 6.07) is 5.59. The van der Waals surface area contributed by atoms with Crippen LogP contribution in [0.5, 0.6) is 0 Å². The zero-order chi connectivity index (χ0) is 11.4. The van der Waals surface area contributed by atoms with E-state index in [1.807, 2.05) is 19.1 Å². The Bertz CT molecular complexity index is 420. The fourth-order valence-corrected chi connectivity index (χ4v) is 1.66. The van der Waals surface area contributed by atoms with Crippen LogP contribution in [0.2, 0.25) is 0 Å². The van der Waals surface area contributed by atoms with Crippen molar-refractivity contribution in [1.29, 1.82) is 0 Å². The third kappa shape index (κ3) is 2.60. The molecule has 0 bridgehead atoms. The van der Waals surface area contributed by atoms with Crippen molar-refractivity contribution in [2.24, 2.45) is 0 Å². The first-order valence-corrected chi connectivity index (χ1v) is 5.31. The molecule has 0 fully saturated rings. The van der Waals surface area contributed by atoms with Gasteiger partial charge in [-0.25, -0.2) is 0 Å². The Hall–Kier alpha value is -1.27. The highest BCUT2D eigenvalue weighted by molar-refractivity contribution is 9.10. The first-order chi connectivity index (χ1) is 7.07. The van der Waals surface area contributed by atoms with Crippen molar-refractivity contribution in [3.63, 3.8) is 0 Å². The molecule has 0 aromatic heterocycles. The van der Waals surface area contributed by atoms with Crippen LogP contribution in [0.3, 0.4) is 0 Å². The largest absolute Gasteiger partial charge is 0.331 e. The molecule has 1 aromatic carbocycles. The maximum atomic E-state index is 11.9. The lowest BCUT2D eigenvalue weighted by Crippen LogP contribution is -2.27. The van der Waals surface area contributed by atoms with Crippen LogP contribution >= 0.6 is 15.9 Å². The molecule has 0 N–H and O–H groups in total. The number of carbonyl (C=O) groups is 1. The van der Waals surface area contributed by atoms with Gasteiger partial charge in [-0.2, -0.15) is 0 Å². The zero-order valence-electron chi connectivity index (χ0n) is 8.75. The summed E-state index contributed by atoms with van der Waals surface area (Å²) in [5.74, 6) is 2.38. The molecule has 0 saturated heterocycles. The summed E-state index contributed by atoms with van der Waals surface area (Å²) in [6.07, 6.45) is 5.16. The summed E-state index contributed by atoms with van der Waals surface area (Å²) >= 11 is 3.40. The summed E-state index contributed by atoms with van der Waals surface area (Å²) in [7, 11) is 1.69. The van der Waals surface area contributed by atoms with Crippen molar-refractivity contribution in [2.75, 3.05) is 13.6 Å². The molecule has 1 amide bonds. The van der Waals surface area contributed by atoms with Crippen LogP contribution in [-0.2, 0) is 0 Å². The molecule has 0 spiro atoms. The molecule has 78 valence electrons. The van der Waals surface area contributed by atoms with E-state index in [0.29, 0.717) is 12.1 Å². The maximum absolute atomic E-state index is 11.9. The van der Waals surface area contributed by atoms with Gasteiger partial charge in [0.25, 0.3) is 5.91 Å². The van der Waals surface area contributed by atoms with Gasteiger partial charge in [-0.05, 0) is 34.5 Å². The zero-order valence-corrected chi connectivity index (χ0v) is 10.3. The molecule has 0 saturated carbocycles. The topological polar surface area (TPSA) is 20.3 Å². The minimum absolute atomic E-state index is 0.0662. The molecule has 15 heavy (non-hydrogen) atoms. The standard InChI is InChI=1S/C12H12BrNO/c1-4-8-14(3)12(15)10-7-5-6-9(2)11(10)13/h1,5-7H,8H2,2-3H3. The van der Waals surface area contributed by atoms with E-state index in [1.165, 1.54) is 4.90 Å². The average Bonchev–Trinajstić information content (AvgIpc) is 2.21. The monoisotopic (exact) mass is 265 g/mol.